The number of anilines is 1. The number of nitrogens with two attached hydrogens (primary N) is 1. The molecule has 0 unspecified atom stereocenters. The SMILES string of the molecule is Cc1c(C#N)c(N)n(-c2ccc(S(C)(=O)=O)cc2)c1C. The Bertz CT molecular complexity index is 810. The minimum absolute atomic E-state index is 0.252. The van der Waals surface area contributed by atoms with Crippen molar-refractivity contribution < 1.29 is 8.42 Å². The topological polar surface area (TPSA) is 88.9 Å². The number of nitriles is 1. The maximum absolute atomic E-state index is 11.4. The summed E-state index contributed by atoms with van der Waals surface area (Å²) in [6, 6.07) is 8.52. The fraction of sp³-hybridized carbons (Fsp3) is 0.214. The average molecular weight is 289 g/mol. The maximum Gasteiger partial charge on any atom is 0.175 e. The summed E-state index contributed by atoms with van der Waals surface area (Å²) >= 11 is 0. The number of rotatable bonds is 2. The van der Waals surface area contributed by atoms with E-state index in [1.54, 1.807) is 16.7 Å². The van der Waals surface area contributed by atoms with Crippen molar-refractivity contribution >= 4 is 15.7 Å². The minimum Gasteiger partial charge on any atom is -0.384 e. The molecule has 0 amide bonds. The molecule has 0 radical (unpaired) electrons. The van der Waals surface area contributed by atoms with Gasteiger partial charge in [-0.3, -0.25) is 4.57 Å². The minimum atomic E-state index is -3.22. The molecule has 0 bridgehead atoms. The molecule has 2 aromatic rings. The van der Waals surface area contributed by atoms with Gasteiger partial charge < -0.3 is 5.73 Å². The van der Waals surface area contributed by atoms with Gasteiger partial charge in [0.05, 0.1) is 10.5 Å². The summed E-state index contributed by atoms with van der Waals surface area (Å²) in [6.45, 7) is 3.71. The number of benzene rings is 1. The van der Waals surface area contributed by atoms with Gasteiger partial charge in [0.15, 0.2) is 9.84 Å². The second-order valence-electron chi connectivity index (χ2n) is 4.68. The van der Waals surface area contributed by atoms with Crippen molar-refractivity contribution in [2.24, 2.45) is 0 Å². The lowest BCUT2D eigenvalue weighted by molar-refractivity contribution is 0.602. The van der Waals surface area contributed by atoms with E-state index in [0.717, 1.165) is 23.2 Å². The number of nitrogens with zero attached hydrogens (tertiary/aromatic N) is 2. The maximum atomic E-state index is 11.4. The van der Waals surface area contributed by atoms with Crippen LogP contribution < -0.4 is 5.73 Å². The monoisotopic (exact) mass is 289 g/mol. The number of sulfone groups is 1. The summed E-state index contributed by atoms with van der Waals surface area (Å²) in [5.41, 5.74) is 8.88. The van der Waals surface area contributed by atoms with Crippen molar-refractivity contribution in [2.75, 3.05) is 12.0 Å². The Morgan fingerprint density at radius 2 is 1.75 bits per heavy atom. The van der Waals surface area contributed by atoms with Crippen LogP contribution in [0.3, 0.4) is 0 Å². The molecule has 0 saturated carbocycles. The van der Waals surface area contributed by atoms with E-state index >= 15 is 0 Å². The Hall–Kier alpha value is -2.26. The molecular formula is C14H15N3O2S. The highest BCUT2D eigenvalue weighted by molar-refractivity contribution is 7.90. The molecule has 1 heterocycles. The summed E-state index contributed by atoms with van der Waals surface area (Å²) in [7, 11) is -3.22. The second kappa shape index (κ2) is 4.69. The predicted molar refractivity (Wildman–Crippen MR) is 77.5 cm³/mol. The van der Waals surface area contributed by atoms with Gasteiger partial charge >= 0.3 is 0 Å². The molecule has 5 nitrogen and oxygen atoms in total. The summed E-state index contributed by atoms with van der Waals surface area (Å²) in [6.07, 6.45) is 1.16. The van der Waals surface area contributed by atoms with Gasteiger partial charge in [-0.15, -0.1) is 0 Å². The first kappa shape index (κ1) is 14.2. The Balaban J connectivity index is 2.62. The molecule has 104 valence electrons. The Labute approximate surface area is 118 Å². The smallest absolute Gasteiger partial charge is 0.175 e. The van der Waals surface area contributed by atoms with E-state index in [1.807, 2.05) is 13.8 Å². The molecule has 2 N–H and O–H groups in total. The third-order valence-electron chi connectivity index (χ3n) is 3.39. The molecule has 0 aliphatic rings. The molecule has 1 aromatic heterocycles. The first-order valence-electron chi connectivity index (χ1n) is 5.95. The highest BCUT2D eigenvalue weighted by Crippen LogP contribution is 2.27. The van der Waals surface area contributed by atoms with Crippen LogP contribution in [-0.2, 0) is 9.84 Å². The second-order valence-corrected chi connectivity index (χ2v) is 6.70. The van der Waals surface area contributed by atoms with Gasteiger partial charge in [-0.25, -0.2) is 8.42 Å². The normalized spacial score (nSPS) is 11.3. The summed E-state index contributed by atoms with van der Waals surface area (Å²) in [5, 5.41) is 9.11. The van der Waals surface area contributed by atoms with Gasteiger partial charge in [0.1, 0.15) is 11.9 Å². The van der Waals surface area contributed by atoms with E-state index in [9.17, 15) is 8.42 Å². The Kier molecular flexibility index (Phi) is 3.32. The molecule has 0 saturated heterocycles. The molecule has 0 atom stereocenters. The van der Waals surface area contributed by atoms with Crippen LogP contribution in [0.1, 0.15) is 16.8 Å². The number of hydrogen-bond acceptors (Lipinski definition) is 4. The van der Waals surface area contributed by atoms with Gasteiger partial charge in [-0.1, -0.05) is 0 Å². The molecule has 0 aliphatic carbocycles. The largest absolute Gasteiger partial charge is 0.384 e. The van der Waals surface area contributed by atoms with E-state index in [2.05, 4.69) is 6.07 Å². The molecule has 0 aliphatic heterocycles. The zero-order chi connectivity index (χ0) is 15.1. The van der Waals surface area contributed by atoms with Crippen LogP contribution in [0.15, 0.2) is 29.2 Å². The lowest BCUT2D eigenvalue weighted by Crippen LogP contribution is -2.03. The van der Waals surface area contributed by atoms with Gasteiger partial charge in [0, 0.05) is 17.6 Å². The van der Waals surface area contributed by atoms with Gasteiger partial charge in [0.2, 0.25) is 0 Å². The van der Waals surface area contributed by atoms with Crippen LogP contribution in [0.4, 0.5) is 5.82 Å². The van der Waals surface area contributed by atoms with Crippen molar-refractivity contribution in [3.05, 3.63) is 41.1 Å². The molecule has 1 aromatic carbocycles. The van der Waals surface area contributed by atoms with Crippen molar-refractivity contribution in [1.29, 1.82) is 5.26 Å². The fourth-order valence-corrected chi connectivity index (χ4v) is 2.78. The fourth-order valence-electron chi connectivity index (χ4n) is 2.15. The molecule has 20 heavy (non-hydrogen) atoms. The van der Waals surface area contributed by atoms with Crippen LogP contribution in [0, 0.1) is 25.2 Å². The molecule has 0 fully saturated rings. The van der Waals surface area contributed by atoms with E-state index in [4.69, 9.17) is 11.0 Å². The third-order valence-corrected chi connectivity index (χ3v) is 4.51. The Morgan fingerprint density at radius 3 is 2.15 bits per heavy atom. The zero-order valence-electron chi connectivity index (χ0n) is 11.5. The van der Waals surface area contributed by atoms with E-state index in [0.29, 0.717) is 11.4 Å². The highest BCUT2D eigenvalue weighted by atomic mass is 32.2. The van der Waals surface area contributed by atoms with E-state index in [-0.39, 0.29) is 4.90 Å². The molecule has 2 rings (SSSR count). The van der Waals surface area contributed by atoms with E-state index < -0.39 is 9.84 Å². The summed E-state index contributed by atoms with van der Waals surface area (Å²) < 4.78 is 24.6. The summed E-state index contributed by atoms with van der Waals surface area (Å²) in [5.74, 6) is 0.370. The van der Waals surface area contributed by atoms with Gasteiger partial charge in [0.25, 0.3) is 0 Å². The van der Waals surface area contributed by atoms with Crippen molar-refractivity contribution in [3.63, 3.8) is 0 Å². The number of aromatic nitrogens is 1. The molecule has 0 spiro atoms. The van der Waals surface area contributed by atoms with Crippen molar-refractivity contribution in [3.8, 4) is 11.8 Å². The van der Waals surface area contributed by atoms with Crippen LogP contribution >= 0.6 is 0 Å². The number of nitrogen functional groups attached to an aromatic ring is 1. The van der Waals surface area contributed by atoms with Crippen LogP contribution in [0.2, 0.25) is 0 Å². The first-order valence-corrected chi connectivity index (χ1v) is 7.84. The average Bonchev–Trinajstić information content (AvgIpc) is 2.59. The molecular weight excluding hydrogens is 274 g/mol. The first-order chi connectivity index (χ1) is 9.27. The Morgan fingerprint density at radius 1 is 1.20 bits per heavy atom. The van der Waals surface area contributed by atoms with Crippen molar-refractivity contribution in [1.82, 2.24) is 4.57 Å². The predicted octanol–water partition coefficient (Wildman–Crippen LogP) is 1.95. The molecule has 6 heteroatoms. The quantitative estimate of drug-likeness (QED) is 0.915. The van der Waals surface area contributed by atoms with Crippen LogP contribution in [0.25, 0.3) is 5.69 Å². The number of hydrogen-bond donors (Lipinski definition) is 1. The van der Waals surface area contributed by atoms with Gasteiger partial charge in [-0.2, -0.15) is 5.26 Å². The lowest BCUT2D eigenvalue weighted by atomic mass is 10.2. The van der Waals surface area contributed by atoms with Crippen LogP contribution in [0.5, 0.6) is 0 Å². The van der Waals surface area contributed by atoms with Crippen LogP contribution in [-0.4, -0.2) is 19.2 Å². The van der Waals surface area contributed by atoms with E-state index in [1.165, 1.54) is 12.1 Å². The highest BCUT2D eigenvalue weighted by Gasteiger charge is 2.16. The van der Waals surface area contributed by atoms with Crippen molar-refractivity contribution in [2.45, 2.75) is 18.7 Å². The summed E-state index contributed by atoms with van der Waals surface area (Å²) in [4.78, 5) is 0.252. The lowest BCUT2D eigenvalue weighted by Gasteiger charge is -2.09. The zero-order valence-corrected chi connectivity index (χ0v) is 12.3. The standard InChI is InChI=1S/C14H15N3O2S/c1-9-10(2)17(14(16)13(9)8-15)11-4-6-12(7-5-11)20(3,18)19/h4-7H,16H2,1-3H3. The van der Waals surface area contributed by atoms with Gasteiger partial charge in [-0.05, 0) is 43.7 Å². The third kappa shape index (κ3) is 2.17.